The van der Waals surface area contributed by atoms with Gasteiger partial charge < -0.3 is 9.80 Å². The Hall–Kier alpha value is -5.60. The predicted octanol–water partition coefficient (Wildman–Crippen LogP) is 13.5. The lowest BCUT2D eigenvalue weighted by Gasteiger charge is -2.31. The molecule has 0 aliphatic heterocycles. The van der Waals surface area contributed by atoms with E-state index in [9.17, 15) is 0 Å². The maximum atomic E-state index is 2.55. The summed E-state index contributed by atoms with van der Waals surface area (Å²) in [6, 6.07) is 55.7. The largest absolute Gasteiger partial charge is 0.310 e. The molecule has 0 N–H and O–H groups in total. The van der Waals surface area contributed by atoms with Crippen LogP contribution in [0.25, 0.3) is 32.3 Å². The van der Waals surface area contributed by atoms with Gasteiger partial charge in [-0.15, -0.1) is 0 Å². The zero-order valence-corrected chi connectivity index (χ0v) is 28.6. The van der Waals surface area contributed by atoms with Crippen LogP contribution in [0.2, 0.25) is 0 Å². The number of nitrogens with zero attached hydrogens (tertiary/aromatic N) is 2. The lowest BCUT2D eigenvalue weighted by molar-refractivity contribution is 0.547. The number of rotatable bonds is 7. The van der Waals surface area contributed by atoms with Crippen LogP contribution in [0.5, 0.6) is 0 Å². The molecule has 49 heavy (non-hydrogen) atoms. The van der Waals surface area contributed by atoms with Gasteiger partial charge in [0.15, 0.2) is 0 Å². The Morgan fingerprint density at radius 3 is 1.39 bits per heavy atom. The Morgan fingerprint density at radius 1 is 0.469 bits per heavy atom. The molecular formula is C47H40N2. The van der Waals surface area contributed by atoms with Crippen molar-refractivity contribution in [1.29, 1.82) is 0 Å². The molecule has 8 aromatic carbocycles. The highest BCUT2D eigenvalue weighted by Crippen LogP contribution is 2.55. The van der Waals surface area contributed by atoms with Gasteiger partial charge in [0.2, 0.25) is 0 Å². The summed E-state index contributed by atoms with van der Waals surface area (Å²) >= 11 is 0. The van der Waals surface area contributed by atoms with E-state index in [2.05, 4.69) is 189 Å². The average molecular weight is 633 g/mol. The van der Waals surface area contributed by atoms with Gasteiger partial charge in [-0.1, -0.05) is 113 Å². The van der Waals surface area contributed by atoms with Gasteiger partial charge in [0, 0.05) is 38.9 Å². The van der Waals surface area contributed by atoms with Crippen LogP contribution in [0, 0.1) is 0 Å². The van der Waals surface area contributed by atoms with Crippen molar-refractivity contribution in [3.63, 3.8) is 0 Å². The van der Waals surface area contributed by atoms with Crippen molar-refractivity contribution in [2.75, 3.05) is 9.80 Å². The van der Waals surface area contributed by atoms with E-state index in [4.69, 9.17) is 0 Å². The number of hydrogen-bond acceptors (Lipinski definition) is 2. The molecule has 0 amide bonds. The second-order valence-corrected chi connectivity index (χ2v) is 14.5. The van der Waals surface area contributed by atoms with Crippen molar-refractivity contribution >= 4 is 66.4 Å². The summed E-state index contributed by atoms with van der Waals surface area (Å²) in [5.41, 5.74) is 11.4. The SMILES string of the molecule is CC(C)c1cc(N(c2ccccc2)c2ccccc2)c2cc3c4c(cc(N(c5ccccc5)c5ccccc5)c5ccc1c2c54)CC3(C)C. The predicted molar refractivity (Wildman–Crippen MR) is 210 cm³/mol. The number of hydrogen-bond donors (Lipinski definition) is 0. The number of benzene rings is 8. The highest BCUT2D eigenvalue weighted by Gasteiger charge is 2.36. The van der Waals surface area contributed by atoms with Gasteiger partial charge in [-0.3, -0.25) is 0 Å². The first-order valence-corrected chi connectivity index (χ1v) is 17.5. The van der Waals surface area contributed by atoms with Crippen molar-refractivity contribution in [3.8, 4) is 0 Å². The van der Waals surface area contributed by atoms with Crippen molar-refractivity contribution < 1.29 is 0 Å². The Balaban J connectivity index is 1.45. The average Bonchev–Trinajstić information content (AvgIpc) is 3.40. The first-order chi connectivity index (χ1) is 23.9. The molecule has 1 aliphatic carbocycles. The van der Waals surface area contributed by atoms with E-state index < -0.39 is 0 Å². The maximum Gasteiger partial charge on any atom is 0.0543 e. The van der Waals surface area contributed by atoms with Crippen molar-refractivity contribution in [3.05, 3.63) is 168 Å². The third-order valence-electron chi connectivity index (χ3n) is 10.6. The quantitative estimate of drug-likeness (QED) is 0.161. The summed E-state index contributed by atoms with van der Waals surface area (Å²) in [4.78, 5) is 4.92. The van der Waals surface area contributed by atoms with Gasteiger partial charge >= 0.3 is 0 Å². The molecule has 0 saturated carbocycles. The second-order valence-electron chi connectivity index (χ2n) is 14.5. The van der Waals surface area contributed by atoms with E-state index in [1.807, 2.05) is 0 Å². The Bertz CT molecular complexity index is 2370. The summed E-state index contributed by atoms with van der Waals surface area (Å²) in [5.74, 6) is 0.349. The fourth-order valence-electron chi connectivity index (χ4n) is 8.43. The first kappa shape index (κ1) is 29.5. The molecule has 0 atom stereocenters. The van der Waals surface area contributed by atoms with E-state index in [-0.39, 0.29) is 5.41 Å². The van der Waals surface area contributed by atoms with Crippen LogP contribution >= 0.6 is 0 Å². The van der Waals surface area contributed by atoms with Crippen LogP contribution in [0.4, 0.5) is 34.1 Å². The zero-order chi connectivity index (χ0) is 33.3. The van der Waals surface area contributed by atoms with E-state index in [1.165, 1.54) is 60.4 Å². The second kappa shape index (κ2) is 11.2. The van der Waals surface area contributed by atoms with Gasteiger partial charge in [0.05, 0.1) is 11.4 Å². The minimum absolute atomic E-state index is 0.00359. The molecule has 0 heterocycles. The molecule has 2 heteroatoms. The Kier molecular flexibility index (Phi) is 6.78. The molecule has 0 unspecified atom stereocenters. The van der Waals surface area contributed by atoms with E-state index in [0.717, 1.165) is 29.2 Å². The minimum atomic E-state index is -0.00359. The highest BCUT2D eigenvalue weighted by molar-refractivity contribution is 6.30. The molecule has 1 aliphatic rings. The molecule has 9 rings (SSSR count). The first-order valence-electron chi connectivity index (χ1n) is 17.5. The van der Waals surface area contributed by atoms with Crippen LogP contribution in [0.1, 0.15) is 50.3 Å². The molecule has 0 bridgehead atoms. The van der Waals surface area contributed by atoms with Crippen LogP contribution in [0.3, 0.4) is 0 Å². The molecular weight excluding hydrogens is 593 g/mol. The summed E-state index contributed by atoms with van der Waals surface area (Å²) in [5, 5.41) is 8.17. The Labute approximate surface area is 289 Å². The lowest BCUT2D eigenvalue weighted by Crippen LogP contribution is -2.15. The Morgan fingerprint density at radius 2 is 0.918 bits per heavy atom. The van der Waals surface area contributed by atoms with Gasteiger partial charge in [-0.05, 0) is 117 Å². The van der Waals surface area contributed by atoms with Crippen LogP contribution in [-0.2, 0) is 11.8 Å². The maximum absolute atomic E-state index is 2.55. The molecule has 0 saturated heterocycles. The standard InChI is InChI=1S/C47H40N2/c1-31(2)39-29-43(49(35-21-13-7-14-22-35)36-23-15-8-16-24-36)40-28-41-44-32(30-47(41,3)4)27-42(38-26-25-37(39)45(40)46(38)44)48(33-17-9-5-10-18-33)34-19-11-6-12-20-34/h5-29,31H,30H2,1-4H3. The van der Waals surface area contributed by atoms with E-state index >= 15 is 0 Å². The normalized spacial score (nSPS) is 13.6. The highest BCUT2D eigenvalue weighted by atomic mass is 15.1. The fourth-order valence-corrected chi connectivity index (χ4v) is 8.43. The van der Waals surface area contributed by atoms with Gasteiger partial charge in [-0.25, -0.2) is 0 Å². The summed E-state index contributed by atoms with van der Waals surface area (Å²) < 4.78 is 0. The third-order valence-corrected chi connectivity index (χ3v) is 10.6. The van der Waals surface area contributed by atoms with E-state index in [1.54, 1.807) is 0 Å². The van der Waals surface area contributed by atoms with Gasteiger partial charge in [0.25, 0.3) is 0 Å². The van der Waals surface area contributed by atoms with Crippen molar-refractivity contribution in [2.24, 2.45) is 0 Å². The molecule has 238 valence electrons. The van der Waals surface area contributed by atoms with Gasteiger partial charge in [-0.2, -0.15) is 0 Å². The summed E-state index contributed by atoms with van der Waals surface area (Å²) in [6.45, 7) is 9.52. The van der Waals surface area contributed by atoms with Crippen molar-refractivity contribution in [1.82, 2.24) is 0 Å². The molecule has 0 radical (unpaired) electrons. The molecule has 8 aromatic rings. The smallest absolute Gasteiger partial charge is 0.0543 e. The third kappa shape index (κ3) is 4.62. The van der Waals surface area contributed by atoms with Gasteiger partial charge in [0.1, 0.15) is 0 Å². The van der Waals surface area contributed by atoms with Crippen molar-refractivity contribution in [2.45, 2.75) is 45.4 Å². The summed E-state index contributed by atoms with van der Waals surface area (Å²) in [7, 11) is 0. The van der Waals surface area contributed by atoms with Crippen LogP contribution in [0.15, 0.2) is 152 Å². The summed E-state index contributed by atoms with van der Waals surface area (Å²) in [6.07, 6.45) is 1.01. The minimum Gasteiger partial charge on any atom is -0.310 e. The number of anilines is 6. The molecule has 2 nitrogen and oxygen atoms in total. The molecule has 0 spiro atoms. The molecule has 0 fully saturated rings. The molecule has 0 aromatic heterocycles. The van der Waals surface area contributed by atoms with E-state index in [0.29, 0.717) is 5.92 Å². The van der Waals surface area contributed by atoms with Crippen LogP contribution < -0.4 is 9.80 Å². The van der Waals surface area contributed by atoms with Crippen LogP contribution in [-0.4, -0.2) is 0 Å². The lowest BCUT2D eigenvalue weighted by atomic mass is 9.81. The fraction of sp³-hybridized carbons (Fsp3) is 0.149. The number of para-hydroxylation sites is 4. The zero-order valence-electron chi connectivity index (χ0n) is 28.6. The monoisotopic (exact) mass is 632 g/mol. The topological polar surface area (TPSA) is 6.48 Å².